The van der Waals surface area contributed by atoms with Gasteiger partial charge in [-0.15, -0.1) is 0 Å². The summed E-state index contributed by atoms with van der Waals surface area (Å²) in [6.07, 6.45) is 1.40. The Balaban J connectivity index is 2.35. The lowest BCUT2D eigenvalue weighted by Gasteiger charge is -2.35. The van der Waals surface area contributed by atoms with E-state index in [4.69, 9.17) is 9.84 Å². The topological polar surface area (TPSA) is 62.7 Å². The van der Waals surface area contributed by atoms with Crippen LogP contribution in [0.25, 0.3) is 0 Å². The molecule has 0 unspecified atom stereocenters. The van der Waals surface area contributed by atoms with E-state index in [1.165, 1.54) is 6.20 Å². The van der Waals surface area contributed by atoms with Crippen LogP contribution in [0.3, 0.4) is 0 Å². The third-order valence-electron chi connectivity index (χ3n) is 2.98. The van der Waals surface area contributed by atoms with Crippen LogP contribution in [0.5, 0.6) is 0 Å². The number of aryl methyl sites for hydroxylation is 1. The Hall–Kier alpha value is -1.62. The van der Waals surface area contributed by atoms with Crippen molar-refractivity contribution < 1.29 is 14.6 Å². The third kappa shape index (κ3) is 2.39. The molecule has 0 amide bonds. The first-order valence-electron chi connectivity index (χ1n) is 5.64. The minimum Gasteiger partial charge on any atom is -0.478 e. The first kappa shape index (κ1) is 11.9. The highest BCUT2D eigenvalue weighted by Crippen LogP contribution is 2.23. The monoisotopic (exact) mass is 236 g/mol. The fourth-order valence-electron chi connectivity index (χ4n) is 2.01. The number of morpholine rings is 1. The molecule has 1 fully saturated rings. The average Bonchev–Trinajstić information content (AvgIpc) is 2.30. The second-order valence-electron chi connectivity index (χ2n) is 4.25. The van der Waals surface area contributed by atoms with Crippen LogP contribution in [-0.2, 0) is 4.74 Å². The zero-order valence-corrected chi connectivity index (χ0v) is 10.0. The standard InChI is InChI=1S/C12H16N2O3/c1-8-7-17-4-3-14(8)11-5-10(12(15)16)6-13-9(11)2/h5-6,8H,3-4,7H2,1-2H3,(H,15,16)/t8-/m0/s1. The van der Waals surface area contributed by atoms with Gasteiger partial charge in [0.25, 0.3) is 0 Å². The second kappa shape index (κ2) is 4.71. The molecule has 0 bridgehead atoms. The maximum absolute atomic E-state index is 10.9. The number of hydrogen-bond acceptors (Lipinski definition) is 4. The summed E-state index contributed by atoms with van der Waals surface area (Å²) in [7, 11) is 0. The average molecular weight is 236 g/mol. The van der Waals surface area contributed by atoms with E-state index in [9.17, 15) is 4.79 Å². The van der Waals surface area contributed by atoms with E-state index in [1.54, 1.807) is 6.07 Å². The number of aromatic nitrogens is 1. The fraction of sp³-hybridized carbons (Fsp3) is 0.500. The van der Waals surface area contributed by atoms with Crippen LogP contribution < -0.4 is 4.90 Å². The Kier molecular flexibility index (Phi) is 3.28. The van der Waals surface area contributed by atoms with Crippen molar-refractivity contribution >= 4 is 11.7 Å². The molecule has 0 aromatic carbocycles. The Morgan fingerprint density at radius 2 is 2.41 bits per heavy atom. The van der Waals surface area contributed by atoms with Crippen molar-refractivity contribution in [2.45, 2.75) is 19.9 Å². The van der Waals surface area contributed by atoms with Gasteiger partial charge >= 0.3 is 5.97 Å². The molecule has 1 atom stereocenters. The van der Waals surface area contributed by atoms with Crippen molar-refractivity contribution in [3.63, 3.8) is 0 Å². The summed E-state index contributed by atoms with van der Waals surface area (Å²) in [5.74, 6) is -0.945. The molecule has 17 heavy (non-hydrogen) atoms. The smallest absolute Gasteiger partial charge is 0.337 e. The van der Waals surface area contributed by atoms with Crippen LogP contribution in [0.4, 0.5) is 5.69 Å². The molecule has 5 heteroatoms. The summed E-state index contributed by atoms with van der Waals surface area (Å²) in [4.78, 5) is 17.2. The predicted molar refractivity (Wildman–Crippen MR) is 63.6 cm³/mol. The first-order valence-corrected chi connectivity index (χ1v) is 5.64. The van der Waals surface area contributed by atoms with Gasteiger partial charge in [-0.3, -0.25) is 4.98 Å². The van der Waals surface area contributed by atoms with E-state index in [0.717, 1.165) is 17.9 Å². The highest BCUT2D eigenvalue weighted by Gasteiger charge is 2.21. The zero-order valence-electron chi connectivity index (χ0n) is 10.0. The SMILES string of the molecule is Cc1ncc(C(=O)O)cc1N1CCOC[C@@H]1C. The summed E-state index contributed by atoms with van der Waals surface area (Å²) in [6, 6.07) is 1.93. The number of ether oxygens (including phenoxy) is 1. The Bertz CT molecular complexity index is 434. The number of carbonyl (C=O) groups is 1. The summed E-state index contributed by atoms with van der Waals surface area (Å²) >= 11 is 0. The summed E-state index contributed by atoms with van der Waals surface area (Å²) in [5, 5.41) is 8.98. The van der Waals surface area contributed by atoms with Crippen molar-refractivity contribution in [3.05, 3.63) is 23.5 Å². The maximum Gasteiger partial charge on any atom is 0.337 e. The molecule has 0 spiro atoms. The van der Waals surface area contributed by atoms with Gasteiger partial charge in [0.15, 0.2) is 0 Å². The largest absolute Gasteiger partial charge is 0.478 e. The highest BCUT2D eigenvalue weighted by molar-refractivity contribution is 5.88. The van der Waals surface area contributed by atoms with Crippen LogP contribution >= 0.6 is 0 Å². The summed E-state index contributed by atoms with van der Waals surface area (Å²) in [6.45, 7) is 6.06. The highest BCUT2D eigenvalue weighted by atomic mass is 16.5. The van der Waals surface area contributed by atoms with Crippen LogP contribution in [0.15, 0.2) is 12.3 Å². The Labute approximate surface area is 100 Å². The van der Waals surface area contributed by atoms with Gasteiger partial charge in [-0.1, -0.05) is 0 Å². The van der Waals surface area contributed by atoms with Crippen LogP contribution in [0.1, 0.15) is 23.0 Å². The van der Waals surface area contributed by atoms with E-state index in [0.29, 0.717) is 13.2 Å². The second-order valence-corrected chi connectivity index (χ2v) is 4.25. The molecule has 1 aliphatic heterocycles. The predicted octanol–water partition coefficient (Wildman–Crippen LogP) is 1.31. The third-order valence-corrected chi connectivity index (χ3v) is 2.98. The summed E-state index contributed by atoms with van der Waals surface area (Å²) in [5.41, 5.74) is 1.97. The van der Waals surface area contributed by atoms with E-state index in [1.807, 2.05) is 6.92 Å². The van der Waals surface area contributed by atoms with Gasteiger partial charge in [-0.2, -0.15) is 0 Å². The molecule has 92 valence electrons. The van der Waals surface area contributed by atoms with Gasteiger partial charge < -0.3 is 14.7 Å². The van der Waals surface area contributed by atoms with Crippen LogP contribution in [0.2, 0.25) is 0 Å². The molecule has 0 radical (unpaired) electrons. The molecule has 1 aliphatic rings. The number of nitrogens with zero attached hydrogens (tertiary/aromatic N) is 2. The summed E-state index contributed by atoms with van der Waals surface area (Å²) < 4.78 is 5.37. The van der Waals surface area contributed by atoms with Gasteiger partial charge in [-0.05, 0) is 19.9 Å². The number of carboxylic acids is 1. The molecular formula is C12H16N2O3. The molecular weight excluding hydrogens is 220 g/mol. The van der Waals surface area contributed by atoms with Crippen molar-refractivity contribution in [2.24, 2.45) is 0 Å². The van der Waals surface area contributed by atoms with Gasteiger partial charge in [0.2, 0.25) is 0 Å². The minimum atomic E-state index is -0.945. The number of carboxylic acid groups (broad SMARTS) is 1. The van der Waals surface area contributed by atoms with E-state index in [-0.39, 0.29) is 11.6 Å². The molecule has 1 N–H and O–H groups in total. The normalized spacial score (nSPS) is 20.4. The van der Waals surface area contributed by atoms with Crippen molar-refractivity contribution in [2.75, 3.05) is 24.7 Å². The molecule has 2 rings (SSSR count). The zero-order chi connectivity index (χ0) is 12.4. The molecule has 2 heterocycles. The molecule has 1 aromatic heterocycles. The molecule has 1 aromatic rings. The molecule has 5 nitrogen and oxygen atoms in total. The maximum atomic E-state index is 10.9. The molecule has 0 aliphatic carbocycles. The van der Waals surface area contributed by atoms with E-state index in [2.05, 4.69) is 16.8 Å². The fourth-order valence-corrected chi connectivity index (χ4v) is 2.01. The number of hydrogen-bond donors (Lipinski definition) is 1. The van der Waals surface area contributed by atoms with E-state index >= 15 is 0 Å². The Morgan fingerprint density at radius 3 is 3.06 bits per heavy atom. The van der Waals surface area contributed by atoms with Crippen molar-refractivity contribution in [3.8, 4) is 0 Å². The molecule has 0 saturated carbocycles. The van der Waals surface area contributed by atoms with Crippen molar-refractivity contribution in [1.29, 1.82) is 0 Å². The lowest BCUT2D eigenvalue weighted by molar-refractivity contribution is 0.0696. The lowest BCUT2D eigenvalue weighted by atomic mass is 10.1. The molecule has 1 saturated heterocycles. The Morgan fingerprint density at radius 1 is 1.65 bits per heavy atom. The lowest BCUT2D eigenvalue weighted by Crippen LogP contribution is -2.44. The van der Waals surface area contributed by atoms with Crippen molar-refractivity contribution in [1.82, 2.24) is 4.98 Å². The quantitative estimate of drug-likeness (QED) is 0.839. The van der Waals surface area contributed by atoms with Gasteiger partial charge in [0.1, 0.15) is 0 Å². The van der Waals surface area contributed by atoms with Gasteiger partial charge in [0, 0.05) is 18.8 Å². The number of rotatable bonds is 2. The number of anilines is 1. The minimum absolute atomic E-state index is 0.226. The first-order chi connectivity index (χ1) is 8.09. The van der Waals surface area contributed by atoms with Gasteiger partial charge in [-0.25, -0.2) is 4.79 Å². The van der Waals surface area contributed by atoms with E-state index < -0.39 is 5.97 Å². The van der Waals surface area contributed by atoms with Gasteiger partial charge in [0.05, 0.1) is 30.2 Å². The van der Waals surface area contributed by atoms with Crippen LogP contribution in [-0.4, -0.2) is 41.9 Å². The van der Waals surface area contributed by atoms with Crippen LogP contribution in [0, 0.1) is 6.92 Å². The number of pyridine rings is 1. The number of aromatic carboxylic acids is 1.